The second-order valence-corrected chi connectivity index (χ2v) is 11.2. The van der Waals surface area contributed by atoms with Crippen LogP contribution in [-0.4, -0.2) is 47.0 Å². The first-order chi connectivity index (χ1) is 18.2. The lowest BCUT2D eigenvalue weighted by molar-refractivity contribution is -0.155. The monoisotopic (exact) mass is 545 g/mol. The number of hydrogen-bond acceptors (Lipinski definition) is 10. The number of halogens is 1. The molecular formula is C26H32ClN5O6. The number of aliphatic hydroxyl groups is 2. The Balaban J connectivity index is 1.39. The number of benzene rings is 1. The Hall–Kier alpha value is -2.99. The number of fused-ring (bicyclic) bond motifs is 3. The maximum atomic E-state index is 12.4. The Morgan fingerprint density at radius 3 is 2.53 bits per heavy atom. The summed E-state index contributed by atoms with van der Waals surface area (Å²) >= 11 is 6.33. The van der Waals surface area contributed by atoms with E-state index >= 15 is 0 Å². The Kier molecular flexibility index (Phi) is 7.45. The molecule has 2 N–H and O–H groups in total. The molecule has 1 saturated carbocycles. The van der Waals surface area contributed by atoms with Crippen molar-refractivity contribution in [2.75, 3.05) is 0 Å². The van der Waals surface area contributed by atoms with Crippen LogP contribution in [0.25, 0.3) is 5.69 Å². The first-order valence-corrected chi connectivity index (χ1v) is 13.1. The summed E-state index contributed by atoms with van der Waals surface area (Å²) in [6.07, 6.45) is 2.57. The zero-order valence-corrected chi connectivity index (χ0v) is 22.4. The van der Waals surface area contributed by atoms with Crippen molar-refractivity contribution >= 4 is 17.8 Å². The molecular weight excluding hydrogens is 514 g/mol. The van der Waals surface area contributed by atoms with Crippen molar-refractivity contribution in [1.82, 2.24) is 25.0 Å². The normalized spacial score (nSPS) is 19.9. The van der Waals surface area contributed by atoms with E-state index in [1.807, 2.05) is 22.8 Å². The van der Waals surface area contributed by atoms with E-state index < -0.39 is 11.8 Å². The lowest BCUT2D eigenvalue weighted by Gasteiger charge is -2.27. The zero-order valence-electron chi connectivity index (χ0n) is 21.7. The molecule has 5 rings (SSSR count). The van der Waals surface area contributed by atoms with Gasteiger partial charge >= 0.3 is 6.16 Å². The Labute approximate surface area is 225 Å². The minimum Gasteiger partial charge on any atom is -0.427 e. The highest BCUT2D eigenvalue weighted by atomic mass is 35.5. The van der Waals surface area contributed by atoms with Gasteiger partial charge in [0.15, 0.2) is 11.6 Å². The van der Waals surface area contributed by atoms with Gasteiger partial charge in [0.25, 0.3) is 0 Å². The summed E-state index contributed by atoms with van der Waals surface area (Å²) in [5.74, 6) is 2.10. The number of nitrogens with zero attached hydrogens (tertiary/aromatic N) is 5. The number of carbonyl (C=O) groups is 1. The van der Waals surface area contributed by atoms with Crippen molar-refractivity contribution in [1.29, 1.82) is 0 Å². The molecule has 3 heterocycles. The summed E-state index contributed by atoms with van der Waals surface area (Å²) in [6.45, 7) is 5.38. The Morgan fingerprint density at radius 2 is 1.84 bits per heavy atom. The van der Waals surface area contributed by atoms with Gasteiger partial charge in [0.1, 0.15) is 18.0 Å². The molecule has 3 aromatic rings. The van der Waals surface area contributed by atoms with Crippen LogP contribution >= 0.6 is 11.6 Å². The minimum atomic E-state index is -0.785. The van der Waals surface area contributed by atoms with E-state index in [2.05, 4.69) is 15.4 Å². The van der Waals surface area contributed by atoms with Crippen LogP contribution in [-0.2, 0) is 35.9 Å². The maximum Gasteiger partial charge on any atom is 0.528 e. The predicted octanol–water partition coefficient (Wildman–Crippen LogP) is 4.52. The number of hydrogen-bond donors (Lipinski definition) is 2. The quantitative estimate of drug-likeness (QED) is 0.440. The molecule has 1 fully saturated rings. The molecule has 38 heavy (non-hydrogen) atoms. The van der Waals surface area contributed by atoms with Crippen LogP contribution in [0.5, 0.6) is 0 Å². The Morgan fingerprint density at radius 1 is 1.11 bits per heavy atom. The fourth-order valence-corrected chi connectivity index (χ4v) is 5.49. The summed E-state index contributed by atoms with van der Waals surface area (Å²) in [7, 11) is 0. The standard InChI is InChI=1S/C26H32ClN5O6/c1-26(2,3)36-25(35)38-31-11-17-10-18(27)8-9-20(17)32-22(12-31)28-29-24(32)16-6-4-15(5-7-16)23-19(13-33)21(14-34)37-30-23/h8-10,15-16,33-34H,4-7,11-14H2,1-3H3. The lowest BCUT2D eigenvalue weighted by Crippen LogP contribution is -2.31. The summed E-state index contributed by atoms with van der Waals surface area (Å²) in [4.78, 5) is 17.9. The van der Waals surface area contributed by atoms with Crippen LogP contribution in [0, 0.1) is 0 Å². The van der Waals surface area contributed by atoms with Gasteiger partial charge < -0.3 is 24.3 Å². The average molecular weight is 546 g/mol. The Bertz CT molecular complexity index is 1310. The first-order valence-electron chi connectivity index (χ1n) is 12.7. The summed E-state index contributed by atoms with van der Waals surface area (Å²) in [5, 5.41) is 34.5. The molecule has 2 aliphatic rings. The van der Waals surface area contributed by atoms with Gasteiger partial charge in [-0.05, 0) is 70.2 Å². The van der Waals surface area contributed by atoms with Gasteiger partial charge in [-0.25, -0.2) is 4.79 Å². The van der Waals surface area contributed by atoms with Crippen molar-refractivity contribution in [3.8, 4) is 5.69 Å². The van der Waals surface area contributed by atoms with Crippen LogP contribution in [0.4, 0.5) is 4.79 Å². The number of hydroxylamine groups is 2. The molecule has 1 aliphatic heterocycles. The summed E-state index contributed by atoms with van der Waals surface area (Å²) in [5.41, 5.74) is 2.41. The van der Waals surface area contributed by atoms with E-state index in [1.165, 1.54) is 5.06 Å². The van der Waals surface area contributed by atoms with E-state index in [0.29, 0.717) is 28.7 Å². The van der Waals surface area contributed by atoms with Gasteiger partial charge in [0.05, 0.1) is 31.1 Å². The molecule has 2 aromatic heterocycles. The zero-order chi connectivity index (χ0) is 27.0. The fourth-order valence-electron chi connectivity index (χ4n) is 5.30. The second-order valence-electron chi connectivity index (χ2n) is 10.8. The number of ether oxygens (including phenoxy) is 1. The van der Waals surface area contributed by atoms with Crippen LogP contribution in [0.2, 0.25) is 5.02 Å². The van der Waals surface area contributed by atoms with E-state index in [1.54, 1.807) is 20.8 Å². The fraction of sp³-hybridized carbons (Fsp3) is 0.538. The maximum absolute atomic E-state index is 12.4. The van der Waals surface area contributed by atoms with Crippen molar-refractivity contribution in [2.45, 2.75) is 90.2 Å². The number of rotatable bonds is 5. The minimum absolute atomic E-state index is 0.132. The van der Waals surface area contributed by atoms with Crippen molar-refractivity contribution in [3.05, 3.63) is 57.5 Å². The molecule has 0 spiro atoms. The smallest absolute Gasteiger partial charge is 0.427 e. The van der Waals surface area contributed by atoms with Crippen LogP contribution in [0.3, 0.4) is 0 Å². The highest BCUT2D eigenvalue weighted by molar-refractivity contribution is 6.30. The summed E-state index contributed by atoms with van der Waals surface area (Å²) in [6, 6.07) is 5.63. The SMILES string of the molecule is CC(C)(C)OC(=O)ON1Cc2cc(Cl)ccc2-n2c(nnc2C2CCC(c3noc(CO)c3CO)CC2)C1. The van der Waals surface area contributed by atoms with Crippen LogP contribution in [0.15, 0.2) is 22.7 Å². The molecule has 12 heteroatoms. The predicted molar refractivity (Wildman–Crippen MR) is 135 cm³/mol. The van der Waals surface area contributed by atoms with Gasteiger partial charge in [-0.1, -0.05) is 16.8 Å². The third-order valence-corrected chi connectivity index (χ3v) is 7.21. The van der Waals surface area contributed by atoms with Crippen LogP contribution in [0.1, 0.15) is 92.5 Å². The molecule has 0 unspecified atom stereocenters. The molecule has 11 nitrogen and oxygen atoms in total. The van der Waals surface area contributed by atoms with Gasteiger partial charge in [-0.2, -0.15) is 0 Å². The van der Waals surface area contributed by atoms with E-state index in [-0.39, 0.29) is 31.6 Å². The van der Waals surface area contributed by atoms with Crippen molar-refractivity contribution in [2.24, 2.45) is 0 Å². The highest BCUT2D eigenvalue weighted by Gasteiger charge is 2.34. The number of aliphatic hydroxyl groups excluding tert-OH is 2. The van der Waals surface area contributed by atoms with Crippen molar-refractivity contribution in [3.63, 3.8) is 0 Å². The van der Waals surface area contributed by atoms with Gasteiger partial charge in [-0.3, -0.25) is 4.57 Å². The number of carbonyl (C=O) groups excluding carboxylic acids is 1. The molecule has 1 aliphatic carbocycles. The average Bonchev–Trinajstić information content (AvgIpc) is 3.43. The first kappa shape index (κ1) is 26.6. The third kappa shape index (κ3) is 5.42. The lowest BCUT2D eigenvalue weighted by atomic mass is 9.79. The topological polar surface area (TPSA) is 136 Å². The molecule has 1 aromatic carbocycles. The molecule has 0 radical (unpaired) electrons. The van der Waals surface area contributed by atoms with E-state index in [9.17, 15) is 15.0 Å². The molecule has 0 saturated heterocycles. The number of aromatic nitrogens is 4. The van der Waals surface area contributed by atoms with Crippen molar-refractivity contribution < 1.29 is 29.1 Å². The van der Waals surface area contributed by atoms with Gasteiger partial charge in [0, 0.05) is 22.4 Å². The molecule has 0 bridgehead atoms. The molecule has 204 valence electrons. The van der Waals surface area contributed by atoms with Gasteiger partial charge in [0.2, 0.25) is 0 Å². The highest BCUT2D eigenvalue weighted by Crippen LogP contribution is 2.42. The molecule has 0 amide bonds. The van der Waals surface area contributed by atoms with E-state index in [0.717, 1.165) is 48.5 Å². The second kappa shape index (κ2) is 10.6. The van der Waals surface area contributed by atoms with Gasteiger partial charge in [-0.15, -0.1) is 15.3 Å². The van der Waals surface area contributed by atoms with E-state index in [4.69, 9.17) is 25.7 Å². The molecule has 0 atom stereocenters. The summed E-state index contributed by atoms with van der Waals surface area (Å²) < 4.78 is 12.6. The third-order valence-electron chi connectivity index (χ3n) is 6.98. The van der Waals surface area contributed by atoms with Crippen LogP contribution < -0.4 is 0 Å². The largest absolute Gasteiger partial charge is 0.528 e.